The van der Waals surface area contributed by atoms with E-state index in [0.29, 0.717) is 16.8 Å². The second kappa shape index (κ2) is 7.43. The molecule has 2 aromatic rings. The molecule has 144 valence electrons. The molecule has 2 rings (SSSR count). The standard InChI is InChI=1S/C22H29N3O2/c1-21(2,3)15-11-14(19(26)17(12-15)22(4,5)6)13-24-25-20(27)16-9-7-8-10-18(16)23/h7-13,26H,23H2,1-6H3,(H,25,27). The van der Waals surface area contributed by atoms with Crippen molar-refractivity contribution in [2.75, 3.05) is 5.73 Å². The number of anilines is 1. The number of nitrogen functional groups attached to an aromatic ring is 1. The quantitative estimate of drug-likeness (QED) is 0.428. The van der Waals surface area contributed by atoms with Crippen LogP contribution in [0.25, 0.3) is 0 Å². The SMILES string of the molecule is CC(C)(C)c1cc(C=NNC(=O)c2ccccc2N)c(O)c(C(C)(C)C)c1. The van der Waals surface area contributed by atoms with Crippen molar-refractivity contribution in [3.05, 3.63) is 58.7 Å². The first-order valence-electron chi connectivity index (χ1n) is 8.97. The zero-order valence-corrected chi connectivity index (χ0v) is 16.9. The summed E-state index contributed by atoms with van der Waals surface area (Å²) in [5, 5.41) is 14.7. The van der Waals surface area contributed by atoms with Crippen LogP contribution in [0.4, 0.5) is 5.69 Å². The Morgan fingerprint density at radius 1 is 1.07 bits per heavy atom. The Hall–Kier alpha value is -2.82. The second-order valence-electron chi connectivity index (χ2n) is 8.75. The number of rotatable bonds is 3. The lowest BCUT2D eigenvalue weighted by atomic mass is 9.79. The number of benzene rings is 2. The molecular weight excluding hydrogens is 338 g/mol. The van der Waals surface area contributed by atoms with Crippen molar-refractivity contribution in [1.29, 1.82) is 0 Å². The van der Waals surface area contributed by atoms with Gasteiger partial charge >= 0.3 is 0 Å². The number of hydrogen-bond donors (Lipinski definition) is 3. The summed E-state index contributed by atoms with van der Waals surface area (Å²) in [6.07, 6.45) is 1.47. The van der Waals surface area contributed by atoms with Gasteiger partial charge in [-0.1, -0.05) is 59.7 Å². The van der Waals surface area contributed by atoms with Crippen molar-refractivity contribution in [3.8, 4) is 5.75 Å². The first-order chi connectivity index (χ1) is 12.4. The average molecular weight is 367 g/mol. The van der Waals surface area contributed by atoms with Crippen molar-refractivity contribution in [2.45, 2.75) is 52.4 Å². The molecule has 0 fully saturated rings. The Morgan fingerprint density at radius 2 is 1.70 bits per heavy atom. The topological polar surface area (TPSA) is 87.7 Å². The number of phenols is 1. The van der Waals surface area contributed by atoms with Crippen LogP contribution in [-0.4, -0.2) is 17.2 Å². The summed E-state index contributed by atoms with van der Waals surface area (Å²) < 4.78 is 0. The van der Waals surface area contributed by atoms with E-state index in [1.54, 1.807) is 24.3 Å². The third kappa shape index (κ3) is 4.88. The van der Waals surface area contributed by atoms with E-state index in [2.05, 4.69) is 52.1 Å². The molecule has 0 saturated carbocycles. The van der Waals surface area contributed by atoms with Crippen LogP contribution in [0, 0.1) is 0 Å². The number of nitrogens with zero attached hydrogens (tertiary/aromatic N) is 1. The molecule has 27 heavy (non-hydrogen) atoms. The lowest BCUT2D eigenvalue weighted by Crippen LogP contribution is -2.20. The summed E-state index contributed by atoms with van der Waals surface area (Å²) in [7, 11) is 0. The number of para-hydroxylation sites is 1. The number of nitrogens with one attached hydrogen (secondary N) is 1. The maximum atomic E-state index is 12.2. The number of hydrazone groups is 1. The van der Waals surface area contributed by atoms with Crippen molar-refractivity contribution >= 4 is 17.8 Å². The van der Waals surface area contributed by atoms with Gasteiger partial charge in [-0.05, 0) is 34.6 Å². The van der Waals surface area contributed by atoms with E-state index in [1.165, 1.54) is 6.21 Å². The molecule has 2 aromatic carbocycles. The molecule has 1 amide bonds. The summed E-state index contributed by atoms with van der Waals surface area (Å²) in [4.78, 5) is 12.2. The molecule has 0 aliphatic rings. The van der Waals surface area contributed by atoms with Crippen LogP contribution < -0.4 is 11.2 Å². The number of carbonyl (C=O) groups excluding carboxylic acids is 1. The Morgan fingerprint density at radius 3 is 2.26 bits per heavy atom. The number of carbonyl (C=O) groups is 1. The van der Waals surface area contributed by atoms with Crippen LogP contribution >= 0.6 is 0 Å². The fourth-order valence-corrected chi connectivity index (χ4v) is 2.68. The molecule has 4 N–H and O–H groups in total. The van der Waals surface area contributed by atoms with Gasteiger partial charge in [0.2, 0.25) is 0 Å². The van der Waals surface area contributed by atoms with Gasteiger partial charge in [0.25, 0.3) is 5.91 Å². The highest BCUT2D eigenvalue weighted by Gasteiger charge is 2.24. The van der Waals surface area contributed by atoms with Crippen LogP contribution in [0.5, 0.6) is 5.75 Å². The maximum Gasteiger partial charge on any atom is 0.273 e. The van der Waals surface area contributed by atoms with Crippen molar-refractivity contribution in [3.63, 3.8) is 0 Å². The number of amides is 1. The molecule has 0 spiro atoms. The Labute approximate surface area is 161 Å². The van der Waals surface area contributed by atoms with E-state index in [0.717, 1.165) is 11.1 Å². The minimum atomic E-state index is -0.396. The molecule has 0 unspecified atom stereocenters. The smallest absolute Gasteiger partial charge is 0.273 e. The van der Waals surface area contributed by atoms with E-state index in [-0.39, 0.29) is 16.6 Å². The number of aromatic hydroxyl groups is 1. The highest BCUT2D eigenvalue weighted by Crippen LogP contribution is 2.37. The molecule has 0 heterocycles. The van der Waals surface area contributed by atoms with Gasteiger partial charge in [0.05, 0.1) is 11.8 Å². The van der Waals surface area contributed by atoms with Crippen molar-refractivity contribution in [1.82, 2.24) is 5.43 Å². The van der Waals surface area contributed by atoms with Crippen LogP contribution in [0.2, 0.25) is 0 Å². The summed E-state index contributed by atoms with van der Waals surface area (Å²) in [6, 6.07) is 10.7. The zero-order chi connectivity index (χ0) is 20.4. The van der Waals surface area contributed by atoms with E-state index >= 15 is 0 Å². The largest absolute Gasteiger partial charge is 0.507 e. The van der Waals surface area contributed by atoms with E-state index in [4.69, 9.17) is 5.73 Å². The lowest BCUT2D eigenvalue weighted by Gasteiger charge is -2.26. The predicted octanol–water partition coefficient (Wildman–Crippen LogP) is 4.33. The summed E-state index contributed by atoms with van der Waals surface area (Å²) in [5.74, 6) is -0.223. The first kappa shape index (κ1) is 20.5. The molecule has 0 aliphatic carbocycles. The molecule has 0 saturated heterocycles. The first-order valence-corrected chi connectivity index (χ1v) is 8.97. The minimum absolute atomic E-state index is 0.0853. The number of nitrogens with two attached hydrogens (primary N) is 1. The molecule has 0 bridgehead atoms. The monoisotopic (exact) mass is 367 g/mol. The summed E-state index contributed by atoms with van der Waals surface area (Å²) in [5.41, 5.74) is 11.2. The third-order valence-corrected chi connectivity index (χ3v) is 4.39. The van der Waals surface area contributed by atoms with E-state index < -0.39 is 5.91 Å². The van der Waals surface area contributed by atoms with Crippen LogP contribution in [0.3, 0.4) is 0 Å². The number of hydrogen-bond acceptors (Lipinski definition) is 4. The van der Waals surface area contributed by atoms with Gasteiger partial charge in [0, 0.05) is 16.8 Å². The second-order valence-corrected chi connectivity index (χ2v) is 8.75. The molecule has 0 radical (unpaired) electrons. The minimum Gasteiger partial charge on any atom is -0.507 e. The average Bonchev–Trinajstić information content (AvgIpc) is 2.54. The van der Waals surface area contributed by atoms with Crippen LogP contribution in [0.15, 0.2) is 41.5 Å². The van der Waals surface area contributed by atoms with Gasteiger partial charge in [0.15, 0.2) is 0 Å². The Bertz CT molecular complexity index is 872. The summed E-state index contributed by atoms with van der Waals surface area (Å²) in [6.45, 7) is 12.5. The van der Waals surface area contributed by atoms with Gasteiger partial charge in [-0.2, -0.15) is 5.10 Å². The molecule has 0 aromatic heterocycles. The van der Waals surface area contributed by atoms with Gasteiger partial charge in [0.1, 0.15) is 5.75 Å². The molecule has 0 aliphatic heterocycles. The Balaban J connectivity index is 2.36. The lowest BCUT2D eigenvalue weighted by molar-refractivity contribution is 0.0956. The van der Waals surface area contributed by atoms with Crippen molar-refractivity contribution < 1.29 is 9.90 Å². The van der Waals surface area contributed by atoms with Gasteiger partial charge < -0.3 is 10.8 Å². The van der Waals surface area contributed by atoms with Crippen LogP contribution in [0.1, 0.15) is 68.6 Å². The molecule has 0 atom stereocenters. The zero-order valence-electron chi connectivity index (χ0n) is 16.9. The fourth-order valence-electron chi connectivity index (χ4n) is 2.68. The van der Waals surface area contributed by atoms with Gasteiger partial charge in [-0.15, -0.1) is 0 Å². The highest BCUT2D eigenvalue weighted by molar-refractivity contribution is 5.99. The molecular formula is C22H29N3O2. The molecule has 5 heteroatoms. The van der Waals surface area contributed by atoms with Gasteiger partial charge in [-0.3, -0.25) is 4.79 Å². The third-order valence-electron chi connectivity index (χ3n) is 4.39. The fraction of sp³-hybridized carbons (Fsp3) is 0.364. The summed E-state index contributed by atoms with van der Waals surface area (Å²) >= 11 is 0. The number of phenolic OH excluding ortho intramolecular Hbond substituents is 1. The van der Waals surface area contributed by atoms with Crippen LogP contribution in [-0.2, 0) is 10.8 Å². The predicted molar refractivity (Wildman–Crippen MR) is 111 cm³/mol. The van der Waals surface area contributed by atoms with E-state index in [9.17, 15) is 9.90 Å². The van der Waals surface area contributed by atoms with E-state index in [1.807, 2.05) is 12.1 Å². The van der Waals surface area contributed by atoms with Gasteiger partial charge in [-0.25, -0.2) is 5.43 Å². The Kier molecular flexibility index (Phi) is 5.64. The normalized spacial score (nSPS) is 12.4. The maximum absolute atomic E-state index is 12.2. The molecule has 5 nitrogen and oxygen atoms in total. The van der Waals surface area contributed by atoms with Crippen molar-refractivity contribution in [2.24, 2.45) is 5.10 Å². The highest BCUT2D eigenvalue weighted by atomic mass is 16.3.